The molecule has 1 N–H and O–H groups in total. The van der Waals surface area contributed by atoms with Crippen molar-refractivity contribution < 1.29 is 22.0 Å². The molecule has 1 amide bonds. The summed E-state index contributed by atoms with van der Waals surface area (Å²) in [6, 6.07) is 16.5. The summed E-state index contributed by atoms with van der Waals surface area (Å²) in [5.41, 5.74) is 2.57. The van der Waals surface area contributed by atoms with Crippen molar-refractivity contribution in [2.24, 2.45) is 0 Å². The van der Waals surface area contributed by atoms with Crippen LogP contribution in [-0.2, 0) is 23.0 Å². The third kappa shape index (κ3) is 4.72. The van der Waals surface area contributed by atoms with Gasteiger partial charge in [-0.2, -0.15) is 4.31 Å². The fourth-order valence-electron chi connectivity index (χ4n) is 3.92. The Morgan fingerprint density at radius 3 is 2.51 bits per heavy atom. The van der Waals surface area contributed by atoms with Gasteiger partial charge in [0, 0.05) is 29.6 Å². The molecule has 178 valence electrons. The Balaban J connectivity index is 1.29. The molecule has 0 aliphatic carbocycles. The van der Waals surface area contributed by atoms with Gasteiger partial charge in [-0.1, -0.05) is 24.3 Å². The van der Waals surface area contributed by atoms with E-state index in [2.05, 4.69) is 10.3 Å². The second kappa shape index (κ2) is 9.29. The Labute approximate surface area is 204 Å². The number of benzene rings is 3. The van der Waals surface area contributed by atoms with Gasteiger partial charge in [0.05, 0.1) is 10.6 Å². The van der Waals surface area contributed by atoms with Crippen molar-refractivity contribution in [1.29, 1.82) is 0 Å². The molecule has 0 spiro atoms. The van der Waals surface area contributed by atoms with E-state index in [1.165, 1.54) is 34.0 Å². The van der Waals surface area contributed by atoms with Crippen LogP contribution in [0.3, 0.4) is 0 Å². The summed E-state index contributed by atoms with van der Waals surface area (Å²) in [6.07, 6.45) is 0.644. The third-order valence-corrected chi connectivity index (χ3v) is 8.40. The number of rotatable bonds is 5. The first-order chi connectivity index (χ1) is 16.8. The standard InChI is InChI=1S/C25H19F2N3O3S2/c26-19-7-10-22(27)21(13-19)23-15-34-25(28-23)29-24(31)17-5-8-20(9-6-17)35(32,33)30-12-11-16-3-1-2-4-18(16)14-30/h1-10,13,15H,11-12,14H2,(H,28,29,31). The van der Waals surface area contributed by atoms with Gasteiger partial charge in [0.2, 0.25) is 10.0 Å². The molecular formula is C25H19F2N3O3S2. The first kappa shape index (κ1) is 23.3. The zero-order valence-corrected chi connectivity index (χ0v) is 19.9. The van der Waals surface area contributed by atoms with E-state index >= 15 is 0 Å². The number of nitrogens with zero attached hydrogens (tertiary/aromatic N) is 2. The first-order valence-electron chi connectivity index (χ1n) is 10.7. The molecule has 1 aromatic heterocycles. The number of fused-ring (bicyclic) bond motifs is 1. The van der Waals surface area contributed by atoms with Crippen molar-refractivity contribution in [3.8, 4) is 11.3 Å². The lowest BCUT2D eigenvalue weighted by Crippen LogP contribution is -2.35. The Bertz CT molecular complexity index is 1520. The van der Waals surface area contributed by atoms with Gasteiger partial charge in [0.25, 0.3) is 5.91 Å². The van der Waals surface area contributed by atoms with Crippen LogP contribution < -0.4 is 5.32 Å². The fraction of sp³-hybridized carbons (Fsp3) is 0.120. The number of carbonyl (C=O) groups is 1. The molecule has 0 radical (unpaired) electrons. The minimum atomic E-state index is -3.72. The highest BCUT2D eigenvalue weighted by atomic mass is 32.2. The maximum absolute atomic E-state index is 14.0. The second-order valence-electron chi connectivity index (χ2n) is 8.00. The quantitative estimate of drug-likeness (QED) is 0.405. The van der Waals surface area contributed by atoms with Crippen molar-refractivity contribution in [3.05, 3.63) is 100 Å². The van der Waals surface area contributed by atoms with Crippen LogP contribution in [0.4, 0.5) is 13.9 Å². The molecule has 4 aromatic rings. The van der Waals surface area contributed by atoms with Gasteiger partial charge in [-0.15, -0.1) is 11.3 Å². The summed E-state index contributed by atoms with van der Waals surface area (Å²) in [6.45, 7) is 0.693. The lowest BCUT2D eigenvalue weighted by atomic mass is 10.0. The SMILES string of the molecule is O=C(Nc1nc(-c2cc(F)ccc2F)cs1)c1ccc(S(=O)(=O)N2CCc3ccccc3C2)cc1. The average molecular weight is 512 g/mol. The normalized spacial score (nSPS) is 13.9. The summed E-state index contributed by atoms with van der Waals surface area (Å²) in [7, 11) is -3.72. The molecule has 0 unspecified atom stereocenters. The number of amides is 1. The maximum Gasteiger partial charge on any atom is 0.257 e. The molecule has 35 heavy (non-hydrogen) atoms. The van der Waals surface area contributed by atoms with Gasteiger partial charge in [-0.05, 0) is 60.0 Å². The minimum Gasteiger partial charge on any atom is -0.298 e. The Morgan fingerprint density at radius 1 is 1.00 bits per heavy atom. The molecule has 6 nitrogen and oxygen atoms in total. The van der Waals surface area contributed by atoms with Crippen LogP contribution in [0.2, 0.25) is 0 Å². The van der Waals surface area contributed by atoms with Gasteiger partial charge < -0.3 is 0 Å². The molecular weight excluding hydrogens is 492 g/mol. The fourth-order valence-corrected chi connectivity index (χ4v) is 6.04. The molecule has 0 atom stereocenters. The van der Waals surface area contributed by atoms with Crippen LogP contribution >= 0.6 is 11.3 Å². The maximum atomic E-state index is 14.0. The lowest BCUT2D eigenvalue weighted by molar-refractivity contribution is 0.102. The third-order valence-electron chi connectivity index (χ3n) is 5.78. The van der Waals surface area contributed by atoms with Crippen LogP contribution in [0, 0.1) is 11.6 Å². The molecule has 0 fully saturated rings. The van der Waals surface area contributed by atoms with E-state index in [1.807, 2.05) is 24.3 Å². The molecule has 0 saturated carbocycles. The molecule has 10 heteroatoms. The van der Waals surface area contributed by atoms with E-state index < -0.39 is 27.6 Å². The molecule has 0 bridgehead atoms. The topological polar surface area (TPSA) is 79.4 Å². The molecule has 5 rings (SSSR count). The Morgan fingerprint density at radius 2 is 1.74 bits per heavy atom. The number of halogens is 2. The number of aromatic nitrogens is 1. The zero-order valence-electron chi connectivity index (χ0n) is 18.2. The van der Waals surface area contributed by atoms with Crippen molar-refractivity contribution in [3.63, 3.8) is 0 Å². The zero-order chi connectivity index (χ0) is 24.6. The number of hydrogen-bond donors (Lipinski definition) is 1. The Kier molecular flexibility index (Phi) is 6.18. The van der Waals surface area contributed by atoms with Crippen molar-refractivity contribution in [1.82, 2.24) is 9.29 Å². The minimum absolute atomic E-state index is 0.00311. The largest absolute Gasteiger partial charge is 0.298 e. The van der Waals surface area contributed by atoms with Crippen molar-refractivity contribution in [2.75, 3.05) is 11.9 Å². The van der Waals surface area contributed by atoms with E-state index in [-0.39, 0.29) is 26.8 Å². The Hall–Kier alpha value is -3.47. The number of nitrogens with one attached hydrogen (secondary N) is 1. The van der Waals surface area contributed by atoms with E-state index in [0.717, 1.165) is 40.7 Å². The highest BCUT2D eigenvalue weighted by Crippen LogP contribution is 2.28. The van der Waals surface area contributed by atoms with E-state index in [1.54, 1.807) is 0 Å². The number of carbonyl (C=O) groups excluding carboxylic acids is 1. The number of sulfonamides is 1. The highest BCUT2D eigenvalue weighted by Gasteiger charge is 2.28. The van der Waals surface area contributed by atoms with Crippen LogP contribution in [0.25, 0.3) is 11.3 Å². The summed E-state index contributed by atoms with van der Waals surface area (Å²) >= 11 is 1.07. The van der Waals surface area contributed by atoms with Crippen LogP contribution in [0.1, 0.15) is 21.5 Å². The van der Waals surface area contributed by atoms with E-state index in [4.69, 9.17) is 0 Å². The predicted octanol–water partition coefficient (Wildman–Crippen LogP) is 5.09. The summed E-state index contributed by atoms with van der Waals surface area (Å²) in [5.74, 6) is -1.71. The van der Waals surface area contributed by atoms with E-state index in [0.29, 0.717) is 19.5 Å². The van der Waals surface area contributed by atoms with Gasteiger partial charge in [0.1, 0.15) is 11.6 Å². The van der Waals surface area contributed by atoms with Gasteiger partial charge in [-0.25, -0.2) is 22.2 Å². The predicted molar refractivity (Wildman–Crippen MR) is 130 cm³/mol. The smallest absolute Gasteiger partial charge is 0.257 e. The van der Waals surface area contributed by atoms with Gasteiger partial charge >= 0.3 is 0 Å². The van der Waals surface area contributed by atoms with Crippen LogP contribution in [-0.4, -0.2) is 30.2 Å². The van der Waals surface area contributed by atoms with Gasteiger partial charge in [0.15, 0.2) is 5.13 Å². The summed E-state index contributed by atoms with van der Waals surface area (Å²) < 4.78 is 55.1. The average Bonchev–Trinajstić information content (AvgIpc) is 3.33. The van der Waals surface area contributed by atoms with Crippen molar-refractivity contribution >= 4 is 32.4 Å². The lowest BCUT2D eigenvalue weighted by Gasteiger charge is -2.28. The van der Waals surface area contributed by atoms with Crippen LogP contribution in [0.15, 0.2) is 77.0 Å². The highest BCUT2D eigenvalue weighted by molar-refractivity contribution is 7.89. The van der Waals surface area contributed by atoms with Gasteiger partial charge in [-0.3, -0.25) is 10.1 Å². The second-order valence-corrected chi connectivity index (χ2v) is 10.8. The van der Waals surface area contributed by atoms with E-state index in [9.17, 15) is 22.0 Å². The molecule has 3 aromatic carbocycles. The van der Waals surface area contributed by atoms with Crippen LogP contribution in [0.5, 0.6) is 0 Å². The number of thiazole rings is 1. The summed E-state index contributed by atoms with van der Waals surface area (Å²) in [4.78, 5) is 16.9. The first-order valence-corrected chi connectivity index (χ1v) is 13.0. The van der Waals surface area contributed by atoms with Crippen molar-refractivity contribution in [2.45, 2.75) is 17.9 Å². The monoisotopic (exact) mass is 511 g/mol. The number of hydrogen-bond acceptors (Lipinski definition) is 5. The number of anilines is 1. The summed E-state index contributed by atoms with van der Waals surface area (Å²) in [5, 5.41) is 4.33. The molecule has 1 aliphatic heterocycles. The molecule has 2 heterocycles. The molecule has 1 aliphatic rings. The molecule has 0 saturated heterocycles.